The van der Waals surface area contributed by atoms with Crippen LogP contribution in [0.4, 0.5) is 0 Å². The fourth-order valence-electron chi connectivity index (χ4n) is 1.84. The Hall–Kier alpha value is -1.88. The van der Waals surface area contributed by atoms with E-state index in [1.807, 2.05) is 50.2 Å². The van der Waals surface area contributed by atoms with Crippen LogP contribution in [0.3, 0.4) is 0 Å². The van der Waals surface area contributed by atoms with Gasteiger partial charge in [0, 0.05) is 25.2 Å². The van der Waals surface area contributed by atoms with Crippen LogP contribution in [0.5, 0.6) is 0 Å². The molecule has 0 fully saturated rings. The van der Waals surface area contributed by atoms with Gasteiger partial charge >= 0.3 is 5.97 Å². The second-order valence-electron chi connectivity index (χ2n) is 5.29. The molecule has 0 saturated carbocycles. The summed E-state index contributed by atoms with van der Waals surface area (Å²) in [5.41, 5.74) is 1.75. The molecule has 0 bridgehead atoms. The highest BCUT2D eigenvalue weighted by atomic mass is 16.5. The van der Waals surface area contributed by atoms with Crippen molar-refractivity contribution < 1.29 is 14.3 Å². The molecule has 0 spiro atoms. The first-order valence-electron chi connectivity index (χ1n) is 7.01. The molecule has 0 aliphatic heterocycles. The summed E-state index contributed by atoms with van der Waals surface area (Å²) >= 11 is 0. The molecular weight excluding hydrogens is 268 g/mol. The number of nitrogens with zero attached hydrogens (tertiary/aromatic N) is 2. The molecule has 0 N–H and O–H groups in total. The lowest BCUT2D eigenvalue weighted by Gasteiger charge is -2.24. The minimum atomic E-state index is -0.304. The molecule has 21 heavy (non-hydrogen) atoms. The Bertz CT molecular complexity index is 469. The summed E-state index contributed by atoms with van der Waals surface area (Å²) in [5, 5.41) is 0. The minimum absolute atomic E-state index is 0.0549. The largest absolute Gasteiger partial charge is 0.469 e. The fraction of sp³-hybridized carbons (Fsp3) is 0.500. The molecule has 0 heterocycles. The van der Waals surface area contributed by atoms with E-state index in [0.29, 0.717) is 18.7 Å². The molecule has 0 aromatic heterocycles. The van der Waals surface area contributed by atoms with Crippen LogP contribution in [0.1, 0.15) is 22.3 Å². The van der Waals surface area contributed by atoms with Crippen LogP contribution < -0.4 is 0 Å². The van der Waals surface area contributed by atoms with Crippen molar-refractivity contribution in [1.29, 1.82) is 0 Å². The number of benzene rings is 1. The molecule has 0 saturated heterocycles. The van der Waals surface area contributed by atoms with E-state index in [1.165, 1.54) is 7.11 Å². The maximum absolute atomic E-state index is 12.5. The van der Waals surface area contributed by atoms with Gasteiger partial charge in [0.15, 0.2) is 0 Å². The summed E-state index contributed by atoms with van der Waals surface area (Å²) in [6, 6.07) is 7.46. The third-order valence-electron chi connectivity index (χ3n) is 3.22. The highest BCUT2D eigenvalue weighted by Crippen LogP contribution is 2.08. The summed E-state index contributed by atoms with van der Waals surface area (Å²) in [7, 11) is 5.26. The zero-order valence-corrected chi connectivity index (χ0v) is 13.3. The van der Waals surface area contributed by atoms with Crippen LogP contribution in [-0.4, -0.2) is 62.5 Å². The van der Waals surface area contributed by atoms with Crippen molar-refractivity contribution in [2.75, 3.05) is 40.8 Å². The van der Waals surface area contributed by atoms with Crippen molar-refractivity contribution in [2.45, 2.75) is 13.3 Å². The molecule has 116 valence electrons. The van der Waals surface area contributed by atoms with E-state index in [-0.39, 0.29) is 18.3 Å². The topological polar surface area (TPSA) is 49.9 Å². The number of hydrogen-bond donors (Lipinski definition) is 0. The molecule has 1 rings (SSSR count). The van der Waals surface area contributed by atoms with Crippen LogP contribution in [-0.2, 0) is 9.53 Å². The highest BCUT2D eigenvalue weighted by molar-refractivity contribution is 5.94. The van der Waals surface area contributed by atoms with Crippen molar-refractivity contribution in [1.82, 2.24) is 9.80 Å². The zero-order chi connectivity index (χ0) is 15.8. The molecule has 0 radical (unpaired) electrons. The van der Waals surface area contributed by atoms with Crippen molar-refractivity contribution in [2.24, 2.45) is 0 Å². The van der Waals surface area contributed by atoms with Gasteiger partial charge in [-0.2, -0.15) is 0 Å². The van der Waals surface area contributed by atoms with Gasteiger partial charge in [-0.1, -0.05) is 17.7 Å². The van der Waals surface area contributed by atoms with Crippen molar-refractivity contribution in [3.8, 4) is 0 Å². The Kier molecular flexibility index (Phi) is 6.88. The lowest BCUT2D eigenvalue weighted by Crippen LogP contribution is -2.38. The summed E-state index contributed by atoms with van der Waals surface area (Å²) in [4.78, 5) is 27.5. The Morgan fingerprint density at radius 1 is 1.05 bits per heavy atom. The van der Waals surface area contributed by atoms with Crippen molar-refractivity contribution in [3.63, 3.8) is 0 Å². The molecule has 0 unspecified atom stereocenters. The van der Waals surface area contributed by atoms with Gasteiger partial charge < -0.3 is 14.5 Å². The SMILES string of the molecule is COC(=O)CCN(CCN(C)C)C(=O)c1ccc(C)cc1. The van der Waals surface area contributed by atoms with E-state index >= 15 is 0 Å². The summed E-state index contributed by atoms with van der Waals surface area (Å²) in [5.74, 6) is -0.359. The van der Waals surface area contributed by atoms with Gasteiger partial charge in [0.2, 0.25) is 0 Å². The maximum atomic E-state index is 12.5. The molecule has 1 aromatic carbocycles. The van der Waals surface area contributed by atoms with E-state index in [1.54, 1.807) is 4.90 Å². The molecule has 0 aliphatic rings. The van der Waals surface area contributed by atoms with Gasteiger partial charge in [-0.3, -0.25) is 9.59 Å². The van der Waals surface area contributed by atoms with Gasteiger partial charge in [0.05, 0.1) is 13.5 Å². The van der Waals surface area contributed by atoms with E-state index in [9.17, 15) is 9.59 Å². The van der Waals surface area contributed by atoms with Crippen LogP contribution >= 0.6 is 0 Å². The number of amides is 1. The Morgan fingerprint density at radius 3 is 2.19 bits per heavy atom. The number of ether oxygens (including phenoxy) is 1. The third-order valence-corrected chi connectivity index (χ3v) is 3.22. The lowest BCUT2D eigenvalue weighted by molar-refractivity contribution is -0.140. The Labute approximate surface area is 126 Å². The van der Waals surface area contributed by atoms with Crippen LogP contribution in [0.25, 0.3) is 0 Å². The second-order valence-corrected chi connectivity index (χ2v) is 5.29. The van der Waals surface area contributed by atoms with Gasteiger partial charge in [-0.15, -0.1) is 0 Å². The van der Waals surface area contributed by atoms with E-state index in [4.69, 9.17) is 0 Å². The molecule has 0 aliphatic carbocycles. The number of rotatable bonds is 7. The fourth-order valence-corrected chi connectivity index (χ4v) is 1.84. The van der Waals surface area contributed by atoms with Crippen LogP contribution in [0, 0.1) is 6.92 Å². The Balaban J connectivity index is 2.75. The third kappa shape index (κ3) is 5.95. The standard InChI is InChI=1S/C16H24N2O3/c1-13-5-7-14(8-6-13)16(20)18(12-11-17(2)3)10-9-15(19)21-4/h5-8H,9-12H2,1-4H3. The zero-order valence-electron chi connectivity index (χ0n) is 13.3. The molecule has 1 aromatic rings. The van der Waals surface area contributed by atoms with Gasteiger partial charge in [0.1, 0.15) is 0 Å². The molecule has 1 amide bonds. The average Bonchev–Trinajstić information content (AvgIpc) is 2.46. The normalized spacial score (nSPS) is 10.5. The number of carbonyl (C=O) groups is 2. The molecule has 5 nitrogen and oxygen atoms in total. The summed E-state index contributed by atoms with van der Waals surface area (Å²) in [6.07, 6.45) is 0.210. The highest BCUT2D eigenvalue weighted by Gasteiger charge is 2.17. The molecular formula is C16H24N2O3. The van der Waals surface area contributed by atoms with Gasteiger partial charge in [-0.05, 0) is 33.2 Å². The number of hydrogen-bond acceptors (Lipinski definition) is 4. The average molecular weight is 292 g/mol. The summed E-state index contributed by atoms with van der Waals surface area (Å²) < 4.78 is 4.64. The quantitative estimate of drug-likeness (QED) is 0.716. The maximum Gasteiger partial charge on any atom is 0.307 e. The van der Waals surface area contributed by atoms with E-state index < -0.39 is 0 Å². The lowest BCUT2D eigenvalue weighted by atomic mass is 10.1. The Morgan fingerprint density at radius 2 is 1.67 bits per heavy atom. The van der Waals surface area contributed by atoms with E-state index in [2.05, 4.69) is 4.74 Å². The number of esters is 1. The van der Waals surface area contributed by atoms with Crippen LogP contribution in [0.15, 0.2) is 24.3 Å². The first-order valence-corrected chi connectivity index (χ1v) is 7.01. The van der Waals surface area contributed by atoms with E-state index in [0.717, 1.165) is 12.1 Å². The van der Waals surface area contributed by atoms with Crippen LogP contribution in [0.2, 0.25) is 0 Å². The number of methoxy groups -OCH3 is 1. The molecule has 5 heteroatoms. The van der Waals surface area contributed by atoms with Gasteiger partial charge in [0.25, 0.3) is 5.91 Å². The predicted molar refractivity (Wildman–Crippen MR) is 82.3 cm³/mol. The van der Waals surface area contributed by atoms with Crippen molar-refractivity contribution in [3.05, 3.63) is 35.4 Å². The predicted octanol–water partition coefficient (Wildman–Crippen LogP) is 1.56. The second kappa shape index (κ2) is 8.42. The van der Waals surface area contributed by atoms with Gasteiger partial charge in [-0.25, -0.2) is 0 Å². The number of aryl methyl sites for hydroxylation is 1. The molecule has 0 atom stereocenters. The first-order chi connectivity index (χ1) is 9.93. The monoisotopic (exact) mass is 292 g/mol. The minimum Gasteiger partial charge on any atom is -0.469 e. The smallest absolute Gasteiger partial charge is 0.307 e. The number of likely N-dealkylation sites (N-methyl/N-ethyl adjacent to an activating group) is 1. The summed E-state index contributed by atoms with van der Waals surface area (Å²) in [6.45, 7) is 3.68. The first kappa shape index (κ1) is 17.2. The number of carbonyl (C=O) groups excluding carboxylic acids is 2. The van der Waals surface area contributed by atoms with Crippen molar-refractivity contribution >= 4 is 11.9 Å².